The number of hydrogen-bond donors (Lipinski definition) is 3. The highest BCUT2D eigenvalue weighted by Crippen LogP contribution is 2.21. The maximum atomic E-state index is 11.7. The molecule has 0 radical (unpaired) electrons. The van der Waals surface area contributed by atoms with Gasteiger partial charge in [-0.15, -0.1) is 0 Å². The standard InChI is InChI=1S/C12H22N2O5/c1-8(2)9(10(15)16)14-11(17)13-6-12(18-3)4-5-19-7-12/h8-9H,4-7H2,1-3H3,(H,15,16)(H2,13,14,17). The minimum Gasteiger partial charge on any atom is -0.480 e. The van der Waals surface area contributed by atoms with E-state index in [0.29, 0.717) is 26.2 Å². The molecule has 1 aliphatic heterocycles. The molecule has 1 aliphatic rings. The highest BCUT2D eigenvalue weighted by Gasteiger charge is 2.35. The van der Waals surface area contributed by atoms with Gasteiger partial charge in [-0.25, -0.2) is 9.59 Å². The number of urea groups is 1. The minimum absolute atomic E-state index is 0.186. The molecule has 110 valence electrons. The van der Waals surface area contributed by atoms with Gasteiger partial charge < -0.3 is 25.2 Å². The van der Waals surface area contributed by atoms with E-state index in [2.05, 4.69) is 10.6 Å². The highest BCUT2D eigenvalue weighted by atomic mass is 16.5. The van der Waals surface area contributed by atoms with Gasteiger partial charge in [0, 0.05) is 20.1 Å². The van der Waals surface area contributed by atoms with Crippen LogP contribution in [0.2, 0.25) is 0 Å². The third-order valence-corrected chi connectivity index (χ3v) is 3.29. The number of carboxylic acid groups (broad SMARTS) is 1. The van der Waals surface area contributed by atoms with E-state index >= 15 is 0 Å². The number of hydrogen-bond acceptors (Lipinski definition) is 4. The molecule has 0 aromatic carbocycles. The van der Waals surface area contributed by atoms with Gasteiger partial charge in [-0.3, -0.25) is 0 Å². The predicted octanol–water partition coefficient (Wildman–Crippen LogP) is 0.200. The first-order valence-corrected chi connectivity index (χ1v) is 6.30. The molecule has 19 heavy (non-hydrogen) atoms. The lowest BCUT2D eigenvalue weighted by Gasteiger charge is -2.26. The average molecular weight is 274 g/mol. The van der Waals surface area contributed by atoms with Crippen molar-refractivity contribution >= 4 is 12.0 Å². The van der Waals surface area contributed by atoms with Crippen LogP contribution in [0.1, 0.15) is 20.3 Å². The number of carbonyl (C=O) groups is 2. The van der Waals surface area contributed by atoms with Crippen molar-refractivity contribution in [2.24, 2.45) is 5.92 Å². The number of aliphatic carboxylic acids is 1. The van der Waals surface area contributed by atoms with Crippen molar-refractivity contribution in [3.05, 3.63) is 0 Å². The Morgan fingerprint density at radius 1 is 1.47 bits per heavy atom. The topological polar surface area (TPSA) is 96.9 Å². The molecule has 1 rings (SSSR count). The predicted molar refractivity (Wildman–Crippen MR) is 68.0 cm³/mol. The van der Waals surface area contributed by atoms with E-state index in [-0.39, 0.29) is 5.92 Å². The number of rotatable bonds is 6. The van der Waals surface area contributed by atoms with E-state index in [0.717, 1.165) is 0 Å². The van der Waals surface area contributed by atoms with Gasteiger partial charge in [-0.2, -0.15) is 0 Å². The van der Waals surface area contributed by atoms with Gasteiger partial charge >= 0.3 is 12.0 Å². The van der Waals surface area contributed by atoms with Crippen molar-refractivity contribution in [1.82, 2.24) is 10.6 Å². The Kier molecular flexibility index (Phi) is 5.56. The van der Waals surface area contributed by atoms with Crippen molar-refractivity contribution in [1.29, 1.82) is 0 Å². The highest BCUT2D eigenvalue weighted by molar-refractivity contribution is 5.82. The molecular formula is C12H22N2O5. The largest absolute Gasteiger partial charge is 0.480 e. The molecule has 1 saturated heterocycles. The van der Waals surface area contributed by atoms with E-state index in [4.69, 9.17) is 14.6 Å². The smallest absolute Gasteiger partial charge is 0.326 e. The molecule has 2 amide bonds. The summed E-state index contributed by atoms with van der Waals surface area (Å²) >= 11 is 0. The van der Waals surface area contributed by atoms with Crippen LogP contribution in [0.15, 0.2) is 0 Å². The van der Waals surface area contributed by atoms with Crippen LogP contribution >= 0.6 is 0 Å². The number of ether oxygens (including phenoxy) is 2. The van der Waals surface area contributed by atoms with Gasteiger partial charge in [0.2, 0.25) is 0 Å². The van der Waals surface area contributed by atoms with E-state index in [1.807, 2.05) is 0 Å². The molecule has 2 unspecified atom stereocenters. The van der Waals surface area contributed by atoms with Gasteiger partial charge in [-0.1, -0.05) is 13.8 Å². The normalized spacial score (nSPS) is 24.2. The zero-order valence-electron chi connectivity index (χ0n) is 11.6. The zero-order chi connectivity index (χ0) is 14.5. The van der Waals surface area contributed by atoms with Gasteiger partial charge in [0.25, 0.3) is 0 Å². The van der Waals surface area contributed by atoms with Crippen LogP contribution in [0.25, 0.3) is 0 Å². The first kappa shape index (κ1) is 15.7. The third-order valence-electron chi connectivity index (χ3n) is 3.29. The average Bonchev–Trinajstić information content (AvgIpc) is 2.82. The summed E-state index contributed by atoms with van der Waals surface area (Å²) in [6, 6.07) is -1.41. The second kappa shape index (κ2) is 6.72. The lowest BCUT2D eigenvalue weighted by Crippen LogP contribution is -2.52. The summed E-state index contributed by atoms with van der Waals surface area (Å²) in [5.74, 6) is -1.23. The molecule has 7 heteroatoms. The van der Waals surface area contributed by atoms with Crippen molar-refractivity contribution in [2.75, 3.05) is 26.9 Å². The van der Waals surface area contributed by atoms with Crippen LogP contribution in [-0.2, 0) is 14.3 Å². The van der Waals surface area contributed by atoms with Gasteiger partial charge in [0.05, 0.1) is 13.2 Å². The summed E-state index contributed by atoms with van der Waals surface area (Å²) in [6.45, 7) is 4.79. The van der Waals surface area contributed by atoms with Crippen LogP contribution in [0, 0.1) is 5.92 Å². The van der Waals surface area contributed by atoms with Crippen LogP contribution < -0.4 is 10.6 Å². The molecule has 0 aromatic heterocycles. The number of amides is 2. The molecule has 0 spiro atoms. The van der Waals surface area contributed by atoms with E-state index in [9.17, 15) is 9.59 Å². The summed E-state index contributed by atoms with van der Waals surface area (Å²) in [4.78, 5) is 22.7. The molecular weight excluding hydrogens is 252 g/mol. The summed E-state index contributed by atoms with van der Waals surface area (Å²) in [5, 5.41) is 14.1. The first-order valence-electron chi connectivity index (χ1n) is 6.30. The number of methoxy groups -OCH3 is 1. The molecule has 7 nitrogen and oxygen atoms in total. The van der Waals surface area contributed by atoms with Crippen molar-refractivity contribution in [2.45, 2.75) is 31.9 Å². The lowest BCUT2D eigenvalue weighted by molar-refractivity contribution is -0.140. The number of carboxylic acids is 1. The summed E-state index contributed by atoms with van der Waals surface area (Å²) in [7, 11) is 1.57. The maximum absolute atomic E-state index is 11.7. The second-order valence-corrected chi connectivity index (χ2v) is 5.08. The molecule has 0 aromatic rings. The first-order chi connectivity index (χ1) is 8.90. The van der Waals surface area contributed by atoms with Gasteiger partial charge in [0.1, 0.15) is 11.6 Å². The summed E-state index contributed by atoms with van der Waals surface area (Å²) in [6.07, 6.45) is 0.705. The SMILES string of the molecule is COC1(CNC(=O)NC(C(=O)O)C(C)C)CCOC1. The Labute approximate surface area is 112 Å². The third kappa shape index (κ3) is 4.36. The maximum Gasteiger partial charge on any atom is 0.326 e. The molecule has 0 aliphatic carbocycles. The van der Waals surface area contributed by atoms with Crippen molar-refractivity contribution in [3.63, 3.8) is 0 Å². The van der Waals surface area contributed by atoms with Crippen LogP contribution in [-0.4, -0.2) is 55.6 Å². The lowest BCUT2D eigenvalue weighted by atomic mass is 10.0. The quantitative estimate of drug-likeness (QED) is 0.643. The second-order valence-electron chi connectivity index (χ2n) is 5.08. The number of carbonyl (C=O) groups excluding carboxylic acids is 1. The fourth-order valence-corrected chi connectivity index (χ4v) is 1.91. The van der Waals surface area contributed by atoms with Crippen LogP contribution in [0.4, 0.5) is 4.79 Å². The molecule has 1 fully saturated rings. The Morgan fingerprint density at radius 3 is 2.58 bits per heavy atom. The Bertz CT molecular complexity index is 326. The Balaban J connectivity index is 2.44. The monoisotopic (exact) mass is 274 g/mol. The molecule has 2 atom stereocenters. The van der Waals surface area contributed by atoms with Gasteiger partial charge in [-0.05, 0) is 5.92 Å². The van der Waals surface area contributed by atoms with Crippen molar-refractivity contribution in [3.8, 4) is 0 Å². The van der Waals surface area contributed by atoms with Gasteiger partial charge in [0.15, 0.2) is 0 Å². The molecule has 0 bridgehead atoms. The van der Waals surface area contributed by atoms with E-state index in [1.54, 1.807) is 21.0 Å². The number of nitrogens with one attached hydrogen (secondary N) is 2. The summed E-state index contributed by atoms with van der Waals surface area (Å²) < 4.78 is 10.6. The molecule has 1 heterocycles. The molecule has 3 N–H and O–H groups in total. The fraction of sp³-hybridized carbons (Fsp3) is 0.833. The zero-order valence-corrected chi connectivity index (χ0v) is 11.6. The Morgan fingerprint density at radius 2 is 2.16 bits per heavy atom. The van der Waals surface area contributed by atoms with E-state index in [1.165, 1.54) is 0 Å². The minimum atomic E-state index is -1.05. The van der Waals surface area contributed by atoms with Crippen LogP contribution in [0.3, 0.4) is 0 Å². The van der Waals surface area contributed by atoms with Crippen LogP contribution in [0.5, 0.6) is 0 Å². The summed E-state index contributed by atoms with van der Waals surface area (Å²) in [5.41, 5.74) is -0.506. The Hall–Kier alpha value is -1.34. The van der Waals surface area contributed by atoms with E-state index < -0.39 is 23.6 Å². The fourth-order valence-electron chi connectivity index (χ4n) is 1.91. The van der Waals surface area contributed by atoms with Crippen molar-refractivity contribution < 1.29 is 24.2 Å². The molecule has 0 saturated carbocycles.